The van der Waals surface area contributed by atoms with Gasteiger partial charge >= 0.3 is 5.97 Å². The Labute approximate surface area is 132 Å². The van der Waals surface area contributed by atoms with Gasteiger partial charge in [-0.2, -0.15) is 0 Å². The number of likely N-dealkylation sites (tertiary alicyclic amines) is 1. The molecule has 21 heavy (non-hydrogen) atoms. The lowest BCUT2D eigenvalue weighted by Crippen LogP contribution is -2.29. The van der Waals surface area contributed by atoms with Crippen molar-refractivity contribution in [2.75, 3.05) is 13.1 Å². The molecular formula is C16H18BrNO3. The Hall–Kier alpha value is -1.36. The summed E-state index contributed by atoms with van der Waals surface area (Å²) in [6, 6.07) is 4.69. The van der Waals surface area contributed by atoms with Gasteiger partial charge in [0.05, 0.1) is 5.56 Å². The number of carboxylic acids is 1. The highest BCUT2D eigenvalue weighted by atomic mass is 79.9. The average Bonchev–Trinajstić information content (AvgIpc) is 2.89. The fourth-order valence-corrected chi connectivity index (χ4v) is 4.08. The summed E-state index contributed by atoms with van der Waals surface area (Å²) >= 11 is 3.29. The summed E-state index contributed by atoms with van der Waals surface area (Å²) in [5.74, 6) is 0.205. The minimum absolute atomic E-state index is 0.0480. The van der Waals surface area contributed by atoms with Crippen molar-refractivity contribution in [1.29, 1.82) is 0 Å². The maximum absolute atomic E-state index is 12.6. The van der Waals surface area contributed by atoms with Gasteiger partial charge in [0.2, 0.25) is 0 Å². The van der Waals surface area contributed by atoms with E-state index in [0.29, 0.717) is 21.9 Å². The zero-order chi connectivity index (χ0) is 15.0. The van der Waals surface area contributed by atoms with Gasteiger partial charge in [-0.1, -0.05) is 28.8 Å². The van der Waals surface area contributed by atoms with Gasteiger partial charge in [-0.05, 0) is 42.9 Å². The van der Waals surface area contributed by atoms with E-state index in [2.05, 4.69) is 15.9 Å². The van der Waals surface area contributed by atoms with Crippen LogP contribution in [0.5, 0.6) is 0 Å². The molecule has 1 amide bonds. The van der Waals surface area contributed by atoms with E-state index in [1.165, 1.54) is 37.8 Å². The number of fused-ring (bicyclic) bond motifs is 1. The van der Waals surface area contributed by atoms with Gasteiger partial charge in [0.1, 0.15) is 0 Å². The Morgan fingerprint density at radius 3 is 2.19 bits per heavy atom. The monoisotopic (exact) mass is 351 g/mol. The molecule has 0 radical (unpaired) electrons. The number of benzene rings is 1. The first-order valence-corrected chi connectivity index (χ1v) is 8.17. The number of rotatable bonds is 2. The van der Waals surface area contributed by atoms with Crippen LogP contribution in [-0.2, 0) is 0 Å². The maximum atomic E-state index is 12.6. The molecule has 4 nitrogen and oxygen atoms in total. The molecule has 3 rings (SSSR count). The molecule has 5 heteroatoms. The van der Waals surface area contributed by atoms with Crippen molar-refractivity contribution in [3.05, 3.63) is 33.8 Å². The first-order valence-electron chi connectivity index (χ1n) is 7.38. The van der Waals surface area contributed by atoms with Crippen molar-refractivity contribution in [2.45, 2.75) is 25.7 Å². The summed E-state index contributed by atoms with van der Waals surface area (Å²) in [7, 11) is 0. The number of carbonyl (C=O) groups excluding carboxylic acids is 1. The Morgan fingerprint density at radius 1 is 1.05 bits per heavy atom. The zero-order valence-corrected chi connectivity index (χ0v) is 13.3. The molecule has 1 N–H and O–H groups in total. The van der Waals surface area contributed by atoms with Crippen molar-refractivity contribution in [1.82, 2.24) is 4.90 Å². The highest BCUT2D eigenvalue weighted by Gasteiger charge is 2.36. The van der Waals surface area contributed by atoms with Gasteiger partial charge in [-0.3, -0.25) is 4.79 Å². The molecule has 0 spiro atoms. The number of amides is 1. The lowest BCUT2D eigenvalue weighted by molar-refractivity contribution is 0.0697. The summed E-state index contributed by atoms with van der Waals surface area (Å²) < 4.78 is 0.627. The largest absolute Gasteiger partial charge is 0.478 e. The molecule has 2 unspecified atom stereocenters. The molecule has 1 saturated heterocycles. The van der Waals surface area contributed by atoms with E-state index in [1.54, 1.807) is 6.07 Å². The van der Waals surface area contributed by atoms with Gasteiger partial charge in [-0.15, -0.1) is 0 Å². The minimum atomic E-state index is -1.01. The summed E-state index contributed by atoms with van der Waals surface area (Å²) in [6.07, 6.45) is 4.97. The SMILES string of the molecule is O=C(O)c1cc(Br)cc(C(=O)N2CC3CCCCC3C2)c1. The Morgan fingerprint density at radius 2 is 1.62 bits per heavy atom. The van der Waals surface area contributed by atoms with Crippen molar-refractivity contribution in [3.63, 3.8) is 0 Å². The normalized spacial score (nSPS) is 24.7. The van der Waals surface area contributed by atoms with E-state index in [9.17, 15) is 9.59 Å². The van der Waals surface area contributed by atoms with Crippen molar-refractivity contribution < 1.29 is 14.7 Å². The molecule has 1 heterocycles. The molecule has 2 fully saturated rings. The fourth-order valence-electron chi connectivity index (χ4n) is 3.59. The number of hydrogen-bond donors (Lipinski definition) is 1. The highest BCUT2D eigenvalue weighted by molar-refractivity contribution is 9.10. The smallest absolute Gasteiger partial charge is 0.335 e. The molecular weight excluding hydrogens is 334 g/mol. The van der Waals surface area contributed by atoms with Crippen LogP contribution >= 0.6 is 15.9 Å². The molecule has 1 saturated carbocycles. The summed E-state index contributed by atoms with van der Waals surface area (Å²) in [6.45, 7) is 1.64. The van der Waals surface area contributed by atoms with Gasteiger partial charge in [0, 0.05) is 23.1 Å². The average molecular weight is 352 g/mol. The van der Waals surface area contributed by atoms with E-state index in [0.717, 1.165) is 13.1 Å². The van der Waals surface area contributed by atoms with Crippen LogP contribution in [0, 0.1) is 11.8 Å². The molecule has 1 aliphatic carbocycles. The van der Waals surface area contributed by atoms with Crippen LogP contribution in [0.15, 0.2) is 22.7 Å². The Balaban J connectivity index is 1.81. The predicted molar refractivity (Wildman–Crippen MR) is 82.5 cm³/mol. The number of carbonyl (C=O) groups is 2. The molecule has 0 aromatic heterocycles. The predicted octanol–water partition coefficient (Wildman–Crippen LogP) is 3.41. The topological polar surface area (TPSA) is 57.6 Å². The molecule has 0 bridgehead atoms. The van der Waals surface area contributed by atoms with Crippen molar-refractivity contribution in [3.8, 4) is 0 Å². The van der Waals surface area contributed by atoms with Gasteiger partial charge in [-0.25, -0.2) is 4.79 Å². The first kappa shape index (κ1) is 14.6. The number of halogens is 1. The second-order valence-electron chi connectivity index (χ2n) is 6.05. The third kappa shape index (κ3) is 2.98. The molecule has 2 atom stereocenters. The van der Waals surface area contributed by atoms with E-state index >= 15 is 0 Å². The fraction of sp³-hybridized carbons (Fsp3) is 0.500. The summed E-state index contributed by atoms with van der Waals surface area (Å²) in [5, 5.41) is 9.10. The lowest BCUT2D eigenvalue weighted by atomic mass is 9.82. The Kier molecular flexibility index (Phi) is 4.02. The van der Waals surface area contributed by atoms with Crippen LogP contribution < -0.4 is 0 Å². The van der Waals surface area contributed by atoms with Gasteiger partial charge in [0.15, 0.2) is 0 Å². The standard InChI is InChI=1S/C16H18BrNO3/c17-14-6-12(5-13(7-14)16(20)21)15(19)18-8-10-3-1-2-4-11(10)9-18/h5-7,10-11H,1-4,8-9H2,(H,20,21). The zero-order valence-electron chi connectivity index (χ0n) is 11.7. The third-order valence-electron chi connectivity index (χ3n) is 4.66. The third-order valence-corrected chi connectivity index (χ3v) is 5.11. The number of hydrogen-bond acceptors (Lipinski definition) is 2. The van der Waals surface area contributed by atoms with E-state index < -0.39 is 5.97 Å². The van der Waals surface area contributed by atoms with Gasteiger partial charge < -0.3 is 10.0 Å². The maximum Gasteiger partial charge on any atom is 0.335 e. The van der Waals surface area contributed by atoms with Crippen molar-refractivity contribution >= 4 is 27.8 Å². The van der Waals surface area contributed by atoms with Crippen LogP contribution in [0.1, 0.15) is 46.4 Å². The van der Waals surface area contributed by atoms with Crippen LogP contribution in [0.4, 0.5) is 0 Å². The summed E-state index contributed by atoms with van der Waals surface area (Å²) in [5.41, 5.74) is 0.602. The minimum Gasteiger partial charge on any atom is -0.478 e. The van der Waals surface area contributed by atoms with Crippen LogP contribution in [0.3, 0.4) is 0 Å². The second kappa shape index (κ2) is 5.79. The lowest BCUT2D eigenvalue weighted by Gasteiger charge is -2.22. The number of nitrogens with zero attached hydrogens (tertiary/aromatic N) is 1. The highest BCUT2D eigenvalue weighted by Crippen LogP contribution is 2.36. The van der Waals surface area contributed by atoms with Crippen molar-refractivity contribution in [2.24, 2.45) is 11.8 Å². The molecule has 1 aromatic carbocycles. The Bertz CT molecular complexity index is 573. The van der Waals surface area contributed by atoms with Gasteiger partial charge in [0.25, 0.3) is 5.91 Å². The molecule has 112 valence electrons. The first-order chi connectivity index (χ1) is 10.0. The number of aromatic carboxylic acids is 1. The quantitative estimate of drug-likeness (QED) is 0.888. The van der Waals surface area contributed by atoms with Crippen LogP contribution in [0.2, 0.25) is 0 Å². The summed E-state index contributed by atoms with van der Waals surface area (Å²) in [4.78, 5) is 25.6. The van der Waals surface area contributed by atoms with E-state index in [4.69, 9.17) is 5.11 Å². The second-order valence-corrected chi connectivity index (χ2v) is 6.96. The molecule has 1 aliphatic heterocycles. The van der Waals surface area contributed by atoms with Crippen LogP contribution in [-0.4, -0.2) is 35.0 Å². The molecule has 1 aromatic rings. The number of carboxylic acid groups (broad SMARTS) is 1. The van der Waals surface area contributed by atoms with Crippen LogP contribution in [0.25, 0.3) is 0 Å². The van der Waals surface area contributed by atoms with E-state index in [-0.39, 0.29) is 11.5 Å². The molecule has 2 aliphatic rings. The van der Waals surface area contributed by atoms with E-state index in [1.807, 2.05) is 4.90 Å².